The van der Waals surface area contributed by atoms with Gasteiger partial charge in [-0.1, -0.05) is 23.5 Å². The van der Waals surface area contributed by atoms with Crippen LogP contribution in [-0.4, -0.2) is 24.2 Å². The lowest BCUT2D eigenvalue weighted by molar-refractivity contribution is 0.414. The van der Waals surface area contributed by atoms with Gasteiger partial charge in [0.2, 0.25) is 0 Å². The largest absolute Gasteiger partial charge is 0.497 e. The van der Waals surface area contributed by atoms with E-state index in [-0.39, 0.29) is 0 Å². The quantitative estimate of drug-likeness (QED) is 0.342. The van der Waals surface area contributed by atoms with Crippen LogP contribution >= 0.6 is 23.5 Å². The Labute approximate surface area is 185 Å². The highest BCUT2D eigenvalue weighted by molar-refractivity contribution is 8.00. The summed E-state index contributed by atoms with van der Waals surface area (Å²) < 4.78 is 10.5. The van der Waals surface area contributed by atoms with Gasteiger partial charge in [-0.3, -0.25) is 0 Å². The maximum atomic E-state index is 5.26. The Morgan fingerprint density at radius 3 is 1.27 bits per heavy atom. The van der Waals surface area contributed by atoms with Crippen molar-refractivity contribution in [2.24, 2.45) is 0 Å². The van der Waals surface area contributed by atoms with E-state index in [1.807, 2.05) is 38.1 Å². The number of ether oxygens (including phenoxy) is 2. The summed E-state index contributed by atoms with van der Waals surface area (Å²) in [4.78, 5) is 14.2. The number of benzene rings is 3. The van der Waals surface area contributed by atoms with Crippen LogP contribution in [0.4, 0.5) is 0 Å². The molecule has 3 aromatic carbocycles. The van der Waals surface area contributed by atoms with Crippen molar-refractivity contribution < 1.29 is 9.47 Å². The summed E-state index contributed by atoms with van der Waals surface area (Å²) in [5.74, 6) is 1.70. The lowest BCUT2D eigenvalue weighted by Crippen LogP contribution is -1.96. The van der Waals surface area contributed by atoms with Gasteiger partial charge in [0.25, 0.3) is 0 Å². The molecule has 0 atom stereocenters. The second-order valence-corrected chi connectivity index (χ2v) is 8.94. The van der Waals surface area contributed by atoms with Crippen molar-refractivity contribution in [3.63, 3.8) is 0 Å². The van der Waals surface area contributed by atoms with Crippen LogP contribution in [0.25, 0.3) is 11.0 Å². The van der Waals surface area contributed by atoms with E-state index in [0.29, 0.717) is 0 Å². The van der Waals surface area contributed by atoms with Crippen LogP contribution in [0.15, 0.2) is 80.2 Å². The lowest BCUT2D eigenvalue weighted by Gasteiger charge is -2.12. The van der Waals surface area contributed by atoms with Crippen LogP contribution in [-0.2, 0) is 0 Å². The van der Waals surface area contributed by atoms with Gasteiger partial charge >= 0.3 is 0 Å². The number of fused-ring (bicyclic) bond motifs is 1. The van der Waals surface area contributed by atoms with Crippen LogP contribution in [0, 0.1) is 13.8 Å². The summed E-state index contributed by atoms with van der Waals surface area (Å²) in [7, 11) is 3.35. The monoisotopic (exact) mass is 434 g/mol. The van der Waals surface area contributed by atoms with E-state index in [9.17, 15) is 0 Å². The molecule has 0 aliphatic heterocycles. The van der Waals surface area contributed by atoms with E-state index >= 15 is 0 Å². The minimum absolute atomic E-state index is 0.849. The molecule has 152 valence electrons. The molecule has 0 saturated heterocycles. The van der Waals surface area contributed by atoms with Gasteiger partial charge in [-0.2, -0.15) is 0 Å². The summed E-state index contributed by atoms with van der Waals surface area (Å²) in [5, 5.41) is 0. The fraction of sp³-hybridized carbons (Fsp3) is 0.167. The van der Waals surface area contributed by atoms with Crippen LogP contribution < -0.4 is 9.47 Å². The SMILES string of the molecule is COc1ccc(Sc2ccc(Sc3ccc(OC)cc3)c3nc(C)c(C)nc23)cc1. The Morgan fingerprint density at radius 1 is 0.567 bits per heavy atom. The normalized spacial score (nSPS) is 10.9. The summed E-state index contributed by atoms with van der Waals surface area (Å²) in [6.07, 6.45) is 0. The molecule has 1 aromatic heterocycles. The van der Waals surface area contributed by atoms with E-state index in [4.69, 9.17) is 19.4 Å². The van der Waals surface area contributed by atoms with Crippen LogP contribution in [0.1, 0.15) is 11.4 Å². The number of aromatic nitrogens is 2. The minimum atomic E-state index is 0.849. The first-order valence-corrected chi connectivity index (χ1v) is 11.1. The van der Waals surface area contributed by atoms with Crippen molar-refractivity contribution >= 4 is 34.6 Å². The van der Waals surface area contributed by atoms with Crippen molar-refractivity contribution in [1.82, 2.24) is 9.97 Å². The van der Waals surface area contributed by atoms with E-state index in [1.165, 1.54) is 0 Å². The first-order chi connectivity index (χ1) is 14.6. The molecular weight excluding hydrogens is 412 g/mol. The zero-order valence-electron chi connectivity index (χ0n) is 17.3. The smallest absolute Gasteiger partial charge is 0.118 e. The van der Waals surface area contributed by atoms with Gasteiger partial charge in [-0.15, -0.1) is 0 Å². The molecule has 4 nitrogen and oxygen atoms in total. The summed E-state index contributed by atoms with van der Waals surface area (Å²) >= 11 is 3.37. The molecule has 4 aromatic rings. The van der Waals surface area contributed by atoms with Crippen molar-refractivity contribution in [2.75, 3.05) is 14.2 Å². The number of rotatable bonds is 6. The highest BCUT2D eigenvalue weighted by Gasteiger charge is 2.14. The predicted octanol–water partition coefficient (Wildman–Crippen LogP) is 6.57. The third-order valence-corrected chi connectivity index (χ3v) is 6.85. The Morgan fingerprint density at radius 2 is 0.933 bits per heavy atom. The fourth-order valence-corrected chi connectivity index (χ4v) is 4.76. The molecule has 0 saturated carbocycles. The molecule has 0 unspecified atom stereocenters. The summed E-state index contributed by atoms with van der Waals surface area (Å²) in [6.45, 7) is 4.01. The van der Waals surface area contributed by atoms with Crippen LogP contribution in [0.3, 0.4) is 0 Å². The average molecular weight is 435 g/mol. The molecule has 0 aliphatic carbocycles. The summed E-state index contributed by atoms with van der Waals surface area (Å²) in [5.41, 5.74) is 3.76. The summed E-state index contributed by atoms with van der Waals surface area (Å²) in [6, 6.07) is 20.4. The maximum absolute atomic E-state index is 5.26. The number of hydrogen-bond donors (Lipinski definition) is 0. The molecule has 0 N–H and O–H groups in total. The van der Waals surface area contributed by atoms with Gasteiger partial charge in [0.05, 0.1) is 25.6 Å². The predicted molar refractivity (Wildman–Crippen MR) is 123 cm³/mol. The lowest BCUT2D eigenvalue weighted by atomic mass is 10.2. The highest BCUT2D eigenvalue weighted by Crippen LogP contribution is 2.39. The zero-order chi connectivity index (χ0) is 21.1. The minimum Gasteiger partial charge on any atom is -0.497 e. The number of nitrogens with zero attached hydrogens (tertiary/aromatic N) is 2. The van der Waals surface area contributed by atoms with E-state index in [2.05, 4.69) is 36.4 Å². The topological polar surface area (TPSA) is 44.2 Å². The van der Waals surface area contributed by atoms with Gasteiger partial charge in [0.15, 0.2) is 0 Å². The zero-order valence-corrected chi connectivity index (χ0v) is 18.9. The standard InChI is InChI=1S/C24H22N2O2S2/c1-15-16(2)26-24-22(30-20-11-7-18(28-4)8-12-20)14-13-21(23(24)25-15)29-19-9-5-17(27-3)6-10-19/h5-14H,1-4H3. The third-order valence-electron chi connectivity index (χ3n) is 4.73. The van der Waals surface area contributed by atoms with Gasteiger partial charge in [0, 0.05) is 19.6 Å². The molecule has 0 spiro atoms. The molecular formula is C24H22N2O2S2. The number of aryl methyl sites for hydroxylation is 2. The van der Waals surface area contributed by atoms with Crippen molar-refractivity contribution in [1.29, 1.82) is 0 Å². The second kappa shape index (κ2) is 8.98. The van der Waals surface area contributed by atoms with E-state index in [1.54, 1.807) is 37.7 Å². The molecule has 4 rings (SSSR count). The molecule has 0 bridgehead atoms. The number of methoxy groups -OCH3 is 2. The van der Waals surface area contributed by atoms with E-state index in [0.717, 1.165) is 53.5 Å². The van der Waals surface area contributed by atoms with Crippen LogP contribution in [0.2, 0.25) is 0 Å². The van der Waals surface area contributed by atoms with Gasteiger partial charge < -0.3 is 9.47 Å². The highest BCUT2D eigenvalue weighted by atomic mass is 32.2. The van der Waals surface area contributed by atoms with Crippen molar-refractivity contribution in [2.45, 2.75) is 33.4 Å². The van der Waals surface area contributed by atoms with Crippen LogP contribution in [0.5, 0.6) is 11.5 Å². The molecule has 0 radical (unpaired) electrons. The molecule has 6 heteroatoms. The Kier molecular flexibility index (Phi) is 6.16. The Hall–Kier alpha value is -2.70. The molecule has 0 amide bonds. The second-order valence-electron chi connectivity index (χ2n) is 6.71. The van der Waals surface area contributed by atoms with Crippen molar-refractivity contribution in [3.8, 4) is 11.5 Å². The van der Waals surface area contributed by atoms with Crippen molar-refractivity contribution in [3.05, 3.63) is 72.1 Å². The molecule has 30 heavy (non-hydrogen) atoms. The first-order valence-electron chi connectivity index (χ1n) is 9.49. The Bertz CT molecular complexity index is 1080. The fourth-order valence-electron chi connectivity index (χ4n) is 2.96. The Balaban J connectivity index is 1.73. The number of hydrogen-bond acceptors (Lipinski definition) is 6. The average Bonchev–Trinajstić information content (AvgIpc) is 2.77. The molecule has 0 fully saturated rings. The van der Waals surface area contributed by atoms with Gasteiger partial charge in [-0.25, -0.2) is 9.97 Å². The molecule has 0 aliphatic rings. The van der Waals surface area contributed by atoms with Gasteiger partial charge in [0.1, 0.15) is 22.5 Å². The van der Waals surface area contributed by atoms with E-state index < -0.39 is 0 Å². The molecule has 1 heterocycles. The first kappa shape index (κ1) is 20.6. The van der Waals surface area contributed by atoms with Gasteiger partial charge in [-0.05, 0) is 74.5 Å². The third kappa shape index (κ3) is 4.40. The maximum Gasteiger partial charge on any atom is 0.118 e.